The standard InChI is InChI=1S/C18H25N3O2S/c1-13-7-9-20(10-8-13)18(22)15(3)24(23)12-16-11-21-14(2)5-4-6-17(21)19-16/h4-6,11,13,15H,7-10,12H2,1-3H3/t15-,24+/m0/s1. The predicted octanol–water partition coefficient (Wildman–Crippen LogP) is 2.54. The van der Waals surface area contributed by atoms with E-state index in [1.54, 1.807) is 6.92 Å². The second-order valence-electron chi connectivity index (χ2n) is 6.80. The van der Waals surface area contributed by atoms with Crippen LogP contribution in [0, 0.1) is 12.8 Å². The predicted molar refractivity (Wildman–Crippen MR) is 96.2 cm³/mol. The van der Waals surface area contributed by atoms with E-state index < -0.39 is 16.0 Å². The number of fused-ring (bicyclic) bond motifs is 1. The Morgan fingerprint density at radius 1 is 1.38 bits per heavy atom. The second-order valence-corrected chi connectivity index (χ2v) is 8.56. The fourth-order valence-electron chi connectivity index (χ4n) is 3.14. The van der Waals surface area contributed by atoms with Crippen LogP contribution in [0.4, 0.5) is 0 Å². The smallest absolute Gasteiger partial charge is 0.238 e. The zero-order valence-corrected chi connectivity index (χ0v) is 15.4. The van der Waals surface area contributed by atoms with Gasteiger partial charge in [0.1, 0.15) is 10.9 Å². The van der Waals surface area contributed by atoms with E-state index in [0.717, 1.165) is 43.0 Å². The van der Waals surface area contributed by atoms with Crippen molar-refractivity contribution in [3.63, 3.8) is 0 Å². The number of piperidine rings is 1. The Labute approximate surface area is 145 Å². The molecular formula is C18H25N3O2S. The van der Waals surface area contributed by atoms with Gasteiger partial charge in [0.25, 0.3) is 0 Å². The minimum atomic E-state index is -1.26. The third-order valence-electron chi connectivity index (χ3n) is 4.87. The van der Waals surface area contributed by atoms with E-state index in [1.165, 1.54) is 0 Å². The highest BCUT2D eigenvalue weighted by Gasteiger charge is 2.28. The van der Waals surface area contributed by atoms with Crippen LogP contribution in [0.3, 0.4) is 0 Å². The molecule has 3 heterocycles. The Bertz CT molecular complexity index is 763. The van der Waals surface area contributed by atoms with Gasteiger partial charge < -0.3 is 9.30 Å². The lowest BCUT2D eigenvalue weighted by Gasteiger charge is -2.31. The number of aromatic nitrogens is 2. The number of hydrogen-bond acceptors (Lipinski definition) is 3. The molecule has 1 aliphatic heterocycles. The van der Waals surface area contributed by atoms with Gasteiger partial charge in [0.2, 0.25) is 5.91 Å². The number of likely N-dealkylation sites (tertiary alicyclic amines) is 1. The molecule has 2 atom stereocenters. The number of hydrogen-bond donors (Lipinski definition) is 0. The molecule has 0 N–H and O–H groups in total. The van der Waals surface area contributed by atoms with E-state index in [4.69, 9.17) is 0 Å². The van der Waals surface area contributed by atoms with Crippen LogP contribution in [-0.4, -0.2) is 42.7 Å². The Morgan fingerprint density at radius 2 is 2.08 bits per heavy atom. The van der Waals surface area contributed by atoms with Crippen molar-refractivity contribution in [3.8, 4) is 0 Å². The number of rotatable bonds is 4. The van der Waals surface area contributed by atoms with Gasteiger partial charge in [0, 0.05) is 35.8 Å². The molecule has 0 aliphatic carbocycles. The highest BCUT2D eigenvalue weighted by Crippen LogP contribution is 2.18. The molecule has 2 aromatic rings. The van der Waals surface area contributed by atoms with Crippen LogP contribution < -0.4 is 0 Å². The third kappa shape index (κ3) is 3.53. The van der Waals surface area contributed by atoms with Gasteiger partial charge in [-0.1, -0.05) is 13.0 Å². The highest BCUT2D eigenvalue weighted by molar-refractivity contribution is 7.85. The molecule has 5 nitrogen and oxygen atoms in total. The highest BCUT2D eigenvalue weighted by atomic mass is 32.2. The number of carbonyl (C=O) groups excluding carboxylic acids is 1. The Balaban J connectivity index is 1.66. The fraction of sp³-hybridized carbons (Fsp3) is 0.556. The van der Waals surface area contributed by atoms with Crippen molar-refractivity contribution in [2.24, 2.45) is 5.92 Å². The lowest BCUT2D eigenvalue weighted by atomic mass is 9.99. The zero-order valence-electron chi connectivity index (χ0n) is 14.6. The summed E-state index contributed by atoms with van der Waals surface area (Å²) in [5.74, 6) is 1.01. The van der Waals surface area contributed by atoms with Crippen molar-refractivity contribution in [1.82, 2.24) is 14.3 Å². The molecule has 1 aliphatic rings. The molecule has 0 radical (unpaired) electrons. The summed E-state index contributed by atoms with van der Waals surface area (Å²) >= 11 is 0. The fourth-order valence-corrected chi connectivity index (χ4v) is 4.19. The Kier molecular flexibility index (Phi) is 5.04. The first kappa shape index (κ1) is 17.1. The minimum Gasteiger partial charge on any atom is -0.342 e. The van der Waals surface area contributed by atoms with Crippen LogP contribution in [0.15, 0.2) is 24.4 Å². The molecule has 1 saturated heterocycles. The molecule has 0 spiro atoms. The van der Waals surface area contributed by atoms with E-state index in [0.29, 0.717) is 11.7 Å². The molecule has 24 heavy (non-hydrogen) atoms. The molecule has 6 heteroatoms. The average Bonchev–Trinajstić information content (AvgIpc) is 2.98. The number of nitrogens with zero attached hydrogens (tertiary/aromatic N) is 3. The largest absolute Gasteiger partial charge is 0.342 e. The maximum atomic E-state index is 12.6. The quantitative estimate of drug-likeness (QED) is 0.854. The number of imidazole rings is 1. The summed E-state index contributed by atoms with van der Waals surface area (Å²) in [6.45, 7) is 7.58. The van der Waals surface area contributed by atoms with Gasteiger partial charge in [-0.25, -0.2) is 4.98 Å². The van der Waals surface area contributed by atoms with Crippen molar-refractivity contribution in [2.75, 3.05) is 13.1 Å². The van der Waals surface area contributed by atoms with Gasteiger partial charge in [-0.15, -0.1) is 0 Å². The first-order chi connectivity index (χ1) is 11.5. The average molecular weight is 347 g/mol. The third-order valence-corrected chi connectivity index (χ3v) is 6.44. The molecule has 0 bridgehead atoms. The first-order valence-corrected chi connectivity index (χ1v) is 9.93. The Hall–Kier alpha value is -1.69. The summed E-state index contributed by atoms with van der Waals surface area (Å²) in [5.41, 5.74) is 2.71. The summed E-state index contributed by atoms with van der Waals surface area (Å²) in [7, 11) is -1.26. The summed E-state index contributed by atoms with van der Waals surface area (Å²) in [5, 5.41) is -0.482. The van der Waals surface area contributed by atoms with Gasteiger partial charge in [0.05, 0.1) is 11.4 Å². The SMILES string of the molecule is Cc1cccc2nc(C[S@@](=O)[C@@H](C)C(=O)N3CCC(C)CC3)cn12. The molecule has 130 valence electrons. The monoisotopic (exact) mass is 347 g/mol. The number of pyridine rings is 1. The molecule has 1 fully saturated rings. The molecule has 1 amide bonds. The topological polar surface area (TPSA) is 54.7 Å². The van der Waals surface area contributed by atoms with Crippen LogP contribution in [0.25, 0.3) is 5.65 Å². The minimum absolute atomic E-state index is 0.0141. The van der Waals surface area contributed by atoms with Crippen molar-refractivity contribution in [3.05, 3.63) is 35.8 Å². The van der Waals surface area contributed by atoms with Gasteiger partial charge in [-0.05, 0) is 44.7 Å². The zero-order chi connectivity index (χ0) is 17.3. The van der Waals surface area contributed by atoms with Crippen LogP contribution in [0.5, 0.6) is 0 Å². The molecule has 0 unspecified atom stereocenters. The molecule has 3 rings (SSSR count). The van der Waals surface area contributed by atoms with Crippen LogP contribution in [-0.2, 0) is 21.3 Å². The lowest BCUT2D eigenvalue weighted by molar-refractivity contribution is -0.131. The second kappa shape index (κ2) is 7.05. The number of carbonyl (C=O) groups is 1. The van der Waals surface area contributed by atoms with E-state index >= 15 is 0 Å². The summed E-state index contributed by atoms with van der Waals surface area (Å²) in [6.07, 6.45) is 4.00. The van der Waals surface area contributed by atoms with Gasteiger partial charge in [0.15, 0.2) is 0 Å². The summed E-state index contributed by atoms with van der Waals surface area (Å²) < 4.78 is 14.6. The number of aryl methyl sites for hydroxylation is 1. The maximum Gasteiger partial charge on any atom is 0.238 e. The normalized spacial score (nSPS) is 18.7. The molecule has 2 aromatic heterocycles. The van der Waals surface area contributed by atoms with E-state index in [9.17, 15) is 9.00 Å². The van der Waals surface area contributed by atoms with Crippen LogP contribution in [0.1, 0.15) is 38.1 Å². The van der Waals surface area contributed by atoms with Crippen molar-refractivity contribution in [2.45, 2.75) is 44.6 Å². The lowest BCUT2D eigenvalue weighted by Crippen LogP contribution is -2.44. The summed E-state index contributed by atoms with van der Waals surface area (Å²) in [6, 6.07) is 5.91. The van der Waals surface area contributed by atoms with Gasteiger partial charge >= 0.3 is 0 Å². The maximum absolute atomic E-state index is 12.6. The summed E-state index contributed by atoms with van der Waals surface area (Å²) in [4.78, 5) is 19.0. The van der Waals surface area contributed by atoms with Crippen LogP contribution in [0.2, 0.25) is 0 Å². The van der Waals surface area contributed by atoms with Gasteiger partial charge in [-0.3, -0.25) is 9.00 Å². The van der Waals surface area contributed by atoms with Crippen molar-refractivity contribution < 1.29 is 9.00 Å². The van der Waals surface area contributed by atoms with Crippen molar-refractivity contribution in [1.29, 1.82) is 0 Å². The molecular weight excluding hydrogens is 322 g/mol. The number of amides is 1. The Morgan fingerprint density at radius 3 is 2.75 bits per heavy atom. The van der Waals surface area contributed by atoms with Crippen molar-refractivity contribution >= 4 is 22.4 Å². The van der Waals surface area contributed by atoms with E-state index in [2.05, 4.69) is 11.9 Å². The molecule has 0 saturated carbocycles. The van der Waals surface area contributed by atoms with Gasteiger partial charge in [-0.2, -0.15) is 0 Å². The van der Waals surface area contributed by atoms with E-state index in [1.807, 2.05) is 40.6 Å². The molecule has 0 aromatic carbocycles. The van der Waals surface area contributed by atoms with Crippen LogP contribution >= 0.6 is 0 Å². The van der Waals surface area contributed by atoms with E-state index in [-0.39, 0.29) is 5.91 Å². The first-order valence-electron chi connectivity index (χ1n) is 8.55.